The van der Waals surface area contributed by atoms with Gasteiger partial charge in [-0.15, -0.1) is 0 Å². The van der Waals surface area contributed by atoms with Gasteiger partial charge in [-0.1, -0.05) is 0 Å². The normalized spacial score (nSPS) is 14.3. The molecule has 10 nitrogen and oxygen atoms in total. The number of carboxylic acid groups (broad SMARTS) is 1. The molecule has 0 saturated carbocycles. The maximum Gasteiger partial charge on any atom is 0.410 e. The first-order chi connectivity index (χ1) is 14.6. The molecule has 1 aliphatic rings. The topological polar surface area (TPSA) is 125 Å². The summed E-state index contributed by atoms with van der Waals surface area (Å²) in [5.41, 5.74) is -0.0411. The van der Waals surface area contributed by atoms with Crippen molar-refractivity contribution in [3.05, 3.63) is 41.7 Å². The first-order valence-corrected chi connectivity index (χ1v) is 9.85. The Labute approximate surface area is 180 Å². The number of rotatable bonds is 5. The number of nitrogens with zero attached hydrogens (tertiary/aromatic N) is 4. The molecule has 1 fully saturated rings. The number of carboxylic acids is 1. The average molecular weight is 430 g/mol. The third-order valence-corrected chi connectivity index (χ3v) is 4.51. The smallest absolute Gasteiger partial charge is 0.410 e. The number of aromatic nitrogens is 2. The molecule has 0 radical (unpaired) electrons. The molecule has 1 aromatic carbocycles. The van der Waals surface area contributed by atoms with Crippen LogP contribution in [0.1, 0.15) is 36.7 Å². The summed E-state index contributed by atoms with van der Waals surface area (Å²) in [7, 11) is 0. The van der Waals surface area contributed by atoms with Crippen LogP contribution in [-0.2, 0) is 11.3 Å². The quantitative estimate of drug-likeness (QED) is 0.736. The fourth-order valence-corrected chi connectivity index (χ4v) is 2.94. The molecule has 1 amide bonds. The number of aromatic carboxylic acids is 1. The molecule has 10 heteroatoms. The number of ether oxygens (including phenoxy) is 2. The number of aromatic hydroxyl groups is 1. The van der Waals surface area contributed by atoms with E-state index >= 15 is 0 Å². The second-order valence-electron chi connectivity index (χ2n) is 8.12. The molecule has 2 aromatic rings. The van der Waals surface area contributed by atoms with E-state index in [9.17, 15) is 14.7 Å². The first-order valence-electron chi connectivity index (χ1n) is 9.85. The van der Waals surface area contributed by atoms with Crippen molar-refractivity contribution in [3.8, 4) is 11.5 Å². The number of hydrogen-bond donors (Lipinski definition) is 2. The first kappa shape index (κ1) is 22.1. The van der Waals surface area contributed by atoms with Crippen LogP contribution in [0.3, 0.4) is 0 Å². The van der Waals surface area contributed by atoms with Crippen LogP contribution >= 0.6 is 0 Å². The van der Waals surface area contributed by atoms with E-state index in [2.05, 4.69) is 9.97 Å². The zero-order valence-corrected chi connectivity index (χ0v) is 17.7. The van der Waals surface area contributed by atoms with Gasteiger partial charge in [-0.25, -0.2) is 19.6 Å². The molecule has 0 aliphatic carbocycles. The van der Waals surface area contributed by atoms with E-state index < -0.39 is 11.6 Å². The van der Waals surface area contributed by atoms with Crippen LogP contribution in [0.2, 0.25) is 0 Å². The number of amides is 1. The third-order valence-electron chi connectivity index (χ3n) is 4.51. The summed E-state index contributed by atoms with van der Waals surface area (Å²) >= 11 is 0. The van der Waals surface area contributed by atoms with Crippen molar-refractivity contribution >= 4 is 18.0 Å². The van der Waals surface area contributed by atoms with E-state index in [0.29, 0.717) is 43.4 Å². The number of piperazine rings is 1. The van der Waals surface area contributed by atoms with Crippen molar-refractivity contribution in [3.63, 3.8) is 0 Å². The summed E-state index contributed by atoms with van der Waals surface area (Å²) in [6.45, 7) is 7.91. The highest BCUT2D eigenvalue weighted by Crippen LogP contribution is 2.23. The number of carbonyl (C=O) groups is 2. The Hall–Kier alpha value is -3.56. The number of carbonyl (C=O) groups excluding carboxylic acids is 1. The molecule has 1 saturated heterocycles. The molecule has 31 heavy (non-hydrogen) atoms. The lowest BCUT2D eigenvalue weighted by Crippen LogP contribution is -2.50. The number of phenols is 1. The van der Waals surface area contributed by atoms with Gasteiger partial charge in [0.05, 0.1) is 0 Å². The minimum atomic E-state index is -1.23. The molecule has 0 atom stereocenters. The Kier molecular flexibility index (Phi) is 6.47. The average Bonchev–Trinajstić information content (AvgIpc) is 2.72. The van der Waals surface area contributed by atoms with Crippen LogP contribution in [0.5, 0.6) is 11.5 Å². The molecule has 0 bridgehead atoms. The fourth-order valence-electron chi connectivity index (χ4n) is 2.94. The highest BCUT2D eigenvalue weighted by molar-refractivity contribution is 5.91. The summed E-state index contributed by atoms with van der Waals surface area (Å²) in [4.78, 5) is 35.7. The van der Waals surface area contributed by atoms with Gasteiger partial charge < -0.3 is 29.5 Å². The maximum absolute atomic E-state index is 12.2. The lowest BCUT2D eigenvalue weighted by Gasteiger charge is -2.35. The molecule has 0 spiro atoms. The van der Waals surface area contributed by atoms with Crippen molar-refractivity contribution in [2.45, 2.75) is 33.0 Å². The fraction of sp³-hybridized carbons (Fsp3) is 0.429. The van der Waals surface area contributed by atoms with Gasteiger partial charge in [0.2, 0.25) is 5.95 Å². The number of hydrogen-bond acceptors (Lipinski definition) is 8. The summed E-state index contributed by atoms with van der Waals surface area (Å²) < 4.78 is 11.0. The third kappa shape index (κ3) is 5.97. The molecule has 2 heterocycles. The molecule has 2 N–H and O–H groups in total. The van der Waals surface area contributed by atoms with Crippen molar-refractivity contribution < 1.29 is 29.3 Å². The van der Waals surface area contributed by atoms with Crippen LogP contribution in [0.15, 0.2) is 30.6 Å². The Bertz CT molecular complexity index is 934. The van der Waals surface area contributed by atoms with Gasteiger partial charge in [-0.2, -0.15) is 0 Å². The predicted octanol–water partition coefficient (Wildman–Crippen LogP) is 2.52. The van der Waals surface area contributed by atoms with Gasteiger partial charge in [0.25, 0.3) is 0 Å². The molecule has 0 unspecified atom stereocenters. The van der Waals surface area contributed by atoms with Crippen LogP contribution in [0, 0.1) is 0 Å². The SMILES string of the molecule is CC(C)(C)OC(=O)N1CCN(c2ncc(COc3ccc(O)c(C(=O)O)c3)cn2)CC1. The second-order valence-corrected chi connectivity index (χ2v) is 8.12. The second kappa shape index (κ2) is 9.07. The van der Waals surface area contributed by atoms with E-state index in [1.165, 1.54) is 18.2 Å². The van der Waals surface area contributed by atoms with Crippen molar-refractivity contribution in [2.75, 3.05) is 31.1 Å². The van der Waals surface area contributed by atoms with Crippen molar-refractivity contribution in [1.29, 1.82) is 0 Å². The molecule has 3 rings (SSSR count). The summed E-state index contributed by atoms with van der Waals surface area (Å²) in [6.07, 6.45) is 2.96. The van der Waals surface area contributed by atoms with Gasteiger partial charge in [0, 0.05) is 44.1 Å². The van der Waals surface area contributed by atoms with Crippen LogP contribution in [0.25, 0.3) is 0 Å². The highest BCUT2D eigenvalue weighted by atomic mass is 16.6. The van der Waals surface area contributed by atoms with E-state index in [1.807, 2.05) is 25.7 Å². The van der Waals surface area contributed by atoms with Gasteiger partial charge in [0.15, 0.2) is 0 Å². The van der Waals surface area contributed by atoms with Crippen LogP contribution in [0.4, 0.5) is 10.7 Å². The summed E-state index contributed by atoms with van der Waals surface area (Å²) in [5.74, 6) is -0.676. The summed E-state index contributed by atoms with van der Waals surface area (Å²) in [5, 5.41) is 18.6. The van der Waals surface area contributed by atoms with Crippen LogP contribution < -0.4 is 9.64 Å². The van der Waals surface area contributed by atoms with Gasteiger partial charge in [-0.3, -0.25) is 0 Å². The van der Waals surface area contributed by atoms with Gasteiger partial charge in [-0.05, 0) is 39.0 Å². The van der Waals surface area contributed by atoms with Gasteiger partial charge in [0.1, 0.15) is 29.3 Å². The monoisotopic (exact) mass is 430 g/mol. The molecule has 166 valence electrons. The Morgan fingerprint density at radius 2 is 1.74 bits per heavy atom. The van der Waals surface area contributed by atoms with E-state index in [-0.39, 0.29) is 24.0 Å². The zero-order valence-electron chi connectivity index (χ0n) is 17.7. The number of anilines is 1. The van der Waals surface area contributed by atoms with Gasteiger partial charge >= 0.3 is 12.1 Å². The lowest BCUT2D eigenvalue weighted by molar-refractivity contribution is 0.0240. The molecular weight excluding hydrogens is 404 g/mol. The minimum absolute atomic E-state index is 0.149. The maximum atomic E-state index is 12.2. The van der Waals surface area contributed by atoms with E-state index in [0.717, 1.165) is 0 Å². The Balaban J connectivity index is 1.52. The lowest BCUT2D eigenvalue weighted by atomic mass is 10.2. The molecular formula is C21H26N4O6. The van der Waals surface area contributed by atoms with Crippen molar-refractivity contribution in [2.24, 2.45) is 0 Å². The molecule has 1 aliphatic heterocycles. The highest BCUT2D eigenvalue weighted by Gasteiger charge is 2.26. The van der Waals surface area contributed by atoms with Crippen LogP contribution in [-0.4, -0.2) is 68.9 Å². The Morgan fingerprint density at radius 3 is 2.32 bits per heavy atom. The zero-order chi connectivity index (χ0) is 22.6. The van der Waals surface area contributed by atoms with E-state index in [4.69, 9.17) is 14.6 Å². The van der Waals surface area contributed by atoms with Crippen molar-refractivity contribution in [1.82, 2.24) is 14.9 Å². The standard InChI is InChI=1S/C21H26N4O6/c1-21(2,3)31-20(29)25-8-6-24(7-9-25)19-22-11-14(12-23-19)13-30-15-4-5-17(26)16(10-15)18(27)28/h4-5,10-12,26H,6-9,13H2,1-3H3,(H,27,28). The van der Waals surface area contributed by atoms with E-state index in [1.54, 1.807) is 17.3 Å². The minimum Gasteiger partial charge on any atom is -0.507 e. The largest absolute Gasteiger partial charge is 0.507 e. The Morgan fingerprint density at radius 1 is 1.10 bits per heavy atom. The number of benzene rings is 1. The summed E-state index contributed by atoms with van der Waals surface area (Å²) in [6, 6.07) is 4.02. The predicted molar refractivity (Wildman–Crippen MR) is 111 cm³/mol. The molecule has 1 aromatic heterocycles.